The molecule has 0 radical (unpaired) electrons. The number of hydroxylamine groups is 1. The Morgan fingerprint density at radius 3 is 2.70 bits per heavy atom. The van der Waals surface area contributed by atoms with Crippen molar-refractivity contribution >= 4 is 28.7 Å². The largest absolute Gasteiger partial charge is 0.624 e. The number of aromatic nitrogens is 1. The van der Waals surface area contributed by atoms with Crippen LogP contribution in [0.1, 0.15) is 11.1 Å². The Morgan fingerprint density at radius 1 is 1.17 bits per heavy atom. The van der Waals surface area contributed by atoms with Gasteiger partial charge in [-0.25, -0.2) is 9.72 Å². The maximum absolute atomic E-state index is 12.1. The van der Waals surface area contributed by atoms with Crippen LogP contribution in [0.25, 0.3) is 10.9 Å². The van der Waals surface area contributed by atoms with Crippen molar-refractivity contribution in [1.82, 2.24) is 4.98 Å². The summed E-state index contributed by atoms with van der Waals surface area (Å²) in [7, 11) is 1.61. The van der Waals surface area contributed by atoms with Gasteiger partial charge in [0.05, 0.1) is 18.2 Å². The fourth-order valence-electron chi connectivity index (χ4n) is 2.33. The van der Waals surface area contributed by atoms with Crippen LogP contribution in [0.5, 0.6) is 5.75 Å². The number of rotatable bonds is 4. The fourth-order valence-corrected chi connectivity index (χ4v) is 2.52. The number of halogens is 1. The number of ether oxygens (including phenoxy) is 1. The molecule has 3 aromatic rings. The number of fused-ring (bicyclic) bond motifs is 1. The fraction of sp³-hybridized carbons (Fsp3) is 0.111. The van der Waals surface area contributed by atoms with Gasteiger partial charge in [0.25, 0.3) is 0 Å². The lowest BCUT2D eigenvalue weighted by Gasteiger charge is -2.06. The number of pyridine rings is 1. The number of hydrogen-bond donors (Lipinski definition) is 0. The Morgan fingerprint density at radius 2 is 1.96 bits per heavy atom. The topological polar surface area (TPSA) is 48.2 Å². The van der Waals surface area contributed by atoms with Gasteiger partial charge in [0, 0.05) is 10.9 Å². The highest BCUT2D eigenvalue weighted by molar-refractivity contribution is 6.32. The summed E-state index contributed by atoms with van der Waals surface area (Å²) in [5, 5.41) is 13.3. The maximum atomic E-state index is 12.1. The molecule has 0 aliphatic rings. The van der Waals surface area contributed by atoms with E-state index in [1.165, 1.54) is 6.21 Å². The van der Waals surface area contributed by atoms with Gasteiger partial charge in [0.2, 0.25) is 0 Å². The average Bonchev–Trinajstić information content (AvgIpc) is 2.56. The second-order valence-electron chi connectivity index (χ2n) is 5.12. The van der Waals surface area contributed by atoms with Crippen molar-refractivity contribution in [3.05, 3.63) is 76.1 Å². The van der Waals surface area contributed by atoms with Crippen LogP contribution in [-0.2, 0) is 6.54 Å². The highest BCUT2D eigenvalue weighted by Gasteiger charge is 2.08. The summed E-state index contributed by atoms with van der Waals surface area (Å²) in [5.41, 5.74) is 2.28. The van der Waals surface area contributed by atoms with Crippen LogP contribution in [0.4, 0.5) is 0 Å². The molecule has 0 unspecified atom stereocenters. The standard InChI is InChI=1S/C18H15ClN2O2/c1-23-16-7-8-17-14(10-16)9-15(18(19)20-17)12-21(22)11-13-5-3-2-4-6-13/h2-10,12H,11H2,1H3. The molecular formula is C18H15ClN2O2. The summed E-state index contributed by atoms with van der Waals surface area (Å²) in [6, 6.07) is 16.9. The summed E-state index contributed by atoms with van der Waals surface area (Å²) in [6.45, 7) is 0.257. The van der Waals surface area contributed by atoms with E-state index in [1.807, 2.05) is 54.6 Å². The number of hydrogen-bond acceptors (Lipinski definition) is 3. The second kappa shape index (κ2) is 6.67. The van der Waals surface area contributed by atoms with Crippen molar-refractivity contribution in [3.8, 4) is 5.75 Å². The van der Waals surface area contributed by atoms with E-state index in [0.29, 0.717) is 10.7 Å². The van der Waals surface area contributed by atoms with Crippen molar-refractivity contribution in [2.45, 2.75) is 6.54 Å². The third-order valence-corrected chi connectivity index (χ3v) is 3.77. The molecule has 3 rings (SSSR count). The zero-order valence-electron chi connectivity index (χ0n) is 12.6. The van der Waals surface area contributed by atoms with Crippen LogP contribution < -0.4 is 4.74 Å². The normalized spacial score (nSPS) is 11.7. The Balaban J connectivity index is 1.94. The van der Waals surface area contributed by atoms with Crippen LogP contribution in [0.15, 0.2) is 54.6 Å². The van der Waals surface area contributed by atoms with E-state index in [0.717, 1.165) is 27.0 Å². The molecule has 1 aromatic heterocycles. The average molecular weight is 327 g/mol. The van der Waals surface area contributed by atoms with E-state index >= 15 is 0 Å². The van der Waals surface area contributed by atoms with Gasteiger partial charge in [0.1, 0.15) is 10.9 Å². The zero-order valence-corrected chi connectivity index (χ0v) is 13.3. The minimum atomic E-state index is 0.257. The first-order valence-electron chi connectivity index (χ1n) is 7.12. The molecule has 0 atom stereocenters. The molecule has 0 fully saturated rings. The molecule has 0 N–H and O–H groups in total. The van der Waals surface area contributed by atoms with E-state index in [1.54, 1.807) is 7.11 Å². The molecule has 116 valence electrons. The summed E-state index contributed by atoms with van der Waals surface area (Å²) >= 11 is 6.18. The van der Waals surface area contributed by atoms with Crippen LogP contribution in [-0.4, -0.2) is 23.0 Å². The Kier molecular flexibility index (Phi) is 4.44. The van der Waals surface area contributed by atoms with Gasteiger partial charge in [-0.3, -0.25) is 0 Å². The predicted octanol–water partition coefficient (Wildman–Crippen LogP) is 4.03. The van der Waals surface area contributed by atoms with Crippen molar-refractivity contribution < 1.29 is 9.48 Å². The minimum absolute atomic E-state index is 0.257. The Bertz CT molecular complexity index is 864. The predicted molar refractivity (Wildman–Crippen MR) is 92.2 cm³/mol. The van der Waals surface area contributed by atoms with Gasteiger partial charge < -0.3 is 9.94 Å². The number of methoxy groups -OCH3 is 1. The third-order valence-electron chi connectivity index (χ3n) is 3.47. The maximum Gasteiger partial charge on any atom is 0.185 e. The van der Waals surface area contributed by atoms with Gasteiger partial charge in [0.15, 0.2) is 12.8 Å². The van der Waals surface area contributed by atoms with Gasteiger partial charge in [-0.1, -0.05) is 41.9 Å². The van der Waals surface area contributed by atoms with Gasteiger partial charge >= 0.3 is 0 Å². The molecule has 5 heteroatoms. The first-order valence-corrected chi connectivity index (χ1v) is 7.50. The van der Waals surface area contributed by atoms with E-state index in [4.69, 9.17) is 16.3 Å². The van der Waals surface area contributed by atoms with E-state index < -0.39 is 0 Å². The highest BCUT2D eigenvalue weighted by atomic mass is 35.5. The Labute approximate surface area is 139 Å². The summed E-state index contributed by atoms with van der Waals surface area (Å²) < 4.78 is 6.06. The van der Waals surface area contributed by atoms with Gasteiger partial charge in [-0.2, -0.15) is 0 Å². The number of benzene rings is 2. The molecular weight excluding hydrogens is 312 g/mol. The minimum Gasteiger partial charge on any atom is -0.624 e. The van der Waals surface area contributed by atoms with Gasteiger partial charge in [-0.15, -0.1) is 0 Å². The third kappa shape index (κ3) is 3.60. The number of nitrogens with zero attached hydrogens (tertiary/aromatic N) is 2. The van der Waals surface area contributed by atoms with Crippen LogP contribution in [0, 0.1) is 5.21 Å². The van der Waals surface area contributed by atoms with Crippen molar-refractivity contribution in [3.63, 3.8) is 0 Å². The molecule has 0 aliphatic carbocycles. The SMILES string of the molecule is COc1ccc2nc(Cl)c(C=[N+]([O-])Cc3ccccc3)cc2c1. The summed E-state index contributed by atoms with van der Waals surface area (Å²) in [6.07, 6.45) is 1.46. The van der Waals surface area contributed by atoms with Crippen LogP contribution in [0.2, 0.25) is 5.15 Å². The molecule has 0 spiro atoms. The zero-order chi connectivity index (χ0) is 16.2. The quantitative estimate of drug-likeness (QED) is 0.239. The summed E-state index contributed by atoms with van der Waals surface area (Å²) in [4.78, 5) is 4.32. The summed E-state index contributed by atoms with van der Waals surface area (Å²) in [5.74, 6) is 0.732. The molecule has 0 aliphatic heterocycles. The lowest BCUT2D eigenvalue weighted by molar-refractivity contribution is -0.469. The second-order valence-corrected chi connectivity index (χ2v) is 5.47. The van der Waals surface area contributed by atoms with Crippen LogP contribution in [0.3, 0.4) is 0 Å². The van der Waals surface area contributed by atoms with E-state index in [9.17, 15) is 5.21 Å². The molecule has 0 saturated carbocycles. The molecule has 2 aromatic carbocycles. The molecule has 4 nitrogen and oxygen atoms in total. The van der Waals surface area contributed by atoms with Crippen LogP contribution >= 0.6 is 11.6 Å². The molecule has 0 saturated heterocycles. The van der Waals surface area contributed by atoms with Gasteiger partial charge in [-0.05, 0) is 24.3 Å². The lowest BCUT2D eigenvalue weighted by atomic mass is 10.1. The molecule has 0 bridgehead atoms. The van der Waals surface area contributed by atoms with Crippen molar-refractivity contribution in [1.29, 1.82) is 0 Å². The molecule has 0 amide bonds. The van der Waals surface area contributed by atoms with Crippen molar-refractivity contribution in [2.75, 3.05) is 7.11 Å². The molecule has 1 heterocycles. The molecule has 23 heavy (non-hydrogen) atoms. The van der Waals surface area contributed by atoms with E-state index in [-0.39, 0.29) is 6.54 Å². The lowest BCUT2D eigenvalue weighted by Crippen LogP contribution is -2.06. The highest BCUT2D eigenvalue weighted by Crippen LogP contribution is 2.23. The smallest absolute Gasteiger partial charge is 0.185 e. The van der Waals surface area contributed by atoms with Crippen molar-refractivity contribution in [2.24, 2.45) is 0 Å². The monoisotopic (exact) mass is 326 g/mol. The Hall–Kier alpha value is -2.59. The first kappa shape index (κ1) is 15.3. The van der Waals surface area contributed by atoms with E-state index in [2.05, 4.69) is 4.98 Å². The first-order chi connectivity index (χ1) is 11.2.